The molecule has 0 spiro atoms. The third-order valence-electron chi connectivity index (χ3n) is 3.64. The summed E-state index contributed by atoms with van der Waals surface area (Å²) in [5.74, 6) is -0.844. The highest BCUT2D eigenvalue weighted by Gasteiger charge is 2.16. The Morgan fingerprint density at radius 2 is 1.96 bits per heavy atom. The number of aliphatic carboxylic acids is 1. The number of hydrogen-bond acceptors (Lipinski definition) is 6. The molecule has 124 valence electrons. The number of fused-ring (bicyclic) bond motifs is 1. The van der Waals surface area contributed by atoms with Crippen LogP contribution in [0.15, 0.2) is 30.6 Å². The van der Waals surface area contributed by atoms with E-state index in [2.05, 4.69) is 15.1 Å². The van der Waals surface area contributed by atoms with Crippen molar-refractivity contribution >= 4 is 22.7 Å². The number of aromatic nitrogens is 4. The molecule has 1 N–H and O–H groups in total. The van der Waals surface area contributed by atoms with Crippen molar-refractivity contribution < 1.29 is 14.7 Å². The van der Waals surface area contributed by atoms with Crippen molar-refractivity contribution in [3.05, 3.63) is 42.1 Å². The van der Waals surface area contributed by atoms with E-state index in [1.54, 1.807) is 30.6 Å². The van der Waals surface area contributed by atoms with Crippen molar-refractivity contribution in [2.24, 2.45) is 0 Å². The highest BCUT2D eigenvalue weighted by molar-refractivity contribution is 6.06. The van der Waals surface area contributed by atoms with Gasteiger partial charge in [0.1, 0.15) is 18.1 Å². The summed E-state index contributed by atoms with van der Waals surface area (Å²) in [6, 6.07) is 7.25. The van der Waals surface area contributed by atoms with E-state index in [0.717, 1.165) is 11.1 Å². The number of rotatable bonds is 5. The number of Topliss-reactive ketones (excluding diaryl/α,β-unsaturated/α-hetero) is 1. The van der Waals surface area contributed by atoms with Gasteiger partial charge in [-0.2, -0.15) is 10.4 Å². The van der Waals surface area contributed by atoms with Gasteiger partial charge in [-0.3, -0.25) is 14.3 Å². The molecule has 0 aliphatic carbocycles. The topological polar surface area (TPSA) is 122 Å². The first-order valence-corrected chi connectivity index (χ1v) is 7.41. The van der Waals surface area contributed by atoms with E-state index in [9.17, 15) is 9.59 Å². The number of carbonyl (C=O) groups is 2. The summed E-state index contributed by atoms with van der Waals surface area (Å²) < 4.78 is 1.30. The van der Waals surface area contributed by atoms with Gasteiger partial charge in [0.05, 0.1) is 18.0 Å². The number of carbonyl (C=O) groups excluding carboxylic acids is 1. The maximum atomic E-state index is 11.8. The average Bonchev–Trinajstić information content (AvgIpc) is 2.93. The molecule has 0 radical (unpaired) electrons. The van der Waals surface area contributed by atoms with Crippen LogP contribution in [-0.2, 0) is 17.8 Å². The Kier molecular flexibility index (Phi) is 4.22. The molecule has 0 unspecified atom stereocenters. The number of carboxylic acid groups (broad SMARTS) is 1. The number of carboxylic acids is 1. The number of nitriles is 1. The fourth-order valence-electron chi connectivity index (χ4n) is 2.53. The summed E-state index contributed by atoms with van der Waals surface area (Å²) in [5.41, 5.74) is 2.29. The van der Waals surface area contributed by atoms with E-state index in [4.69, 9.17) is 10.4 Å². The molecule has 2 heterocycles. The van der Waals surface area contributed by atoms with Crippen LogP contribution in [0.2, 0.25) is 0 Å². The first kappa shape index (κ1) is 16.3. The van der Waals surface area contributed by atoms with Crippen molar-refractivity contribution in [1.82, 2.24) is 19.7 Å². The van der Waals surface area contributed by atoms with Crippen LogP contribution in [0.3, 0.4) is 0 Å². The third kappa shape index (κ3) is 3.21. The second kappa shape index (κ2) is 6.49. The zero-order valence-electron chi connectivity index (χ0n) is 13.3. The molecule has 3 rings (SSSR count). The SMILES string of the molecule is CC(=O)c1nn(CC(=O)O)c2ccc(-c3cnc(CC#N)nc3)cc12. The minimum absolute atomic E-state index is 0.135. The molecule has 0 atom stereocenters. The number of hydrogen-bond donors (Lipinski definition) is 1. The van der Waals surface area contributed by atoms with E-state index >= 15 is 0 Å². The lowest BCUT2D eigenvalue weighted by atomic mass is 10.0. The lowest BCUT2D eigenvalue weighted by Crippen LogP contribution is -2.10. The van der Waals surface area contributed by atoms with Gasteiger partial charge < -0.3 is 5.11 Å². The van der Waals surface area contributed by atoms with Gasteiger partial charge in [-0.25, -0.2) is 9.97 Å². The van der Waals surface area contributed by atoms with Crippen LogP contribution in [-0.4, -0.2) is 36.6 Å². The monoisotopic (exact) mass is 335 g/mol. The molecule has 0 aliphatic heterocycles. The molecule has 0 saturated carbocycles. The molecule has 3 aromatic rings. The van der Waals surface area contributed by atoms with E-state index < -0.39 is 5.97 Å². The number of benzene rings is 1. The molecule has 2 aromatic heterocycles. The van der Waals surface area contributed by atoms with Crippen LogP contribution in [0.1, 0.15) is 23.2 Å². The summed E-state index contributed by atoms with van der Waals surface area (Å²) in [6.45, 7) is 1.06. The van der Waals surface area contributed by atoms with Gasteiger partial charge >= 0.3 is 5.97 Å². The van der Waals surface area contributed by atoms with Gasteiger partial charge in [-0.1, -0.05) is 6.07 Å². The second-order valence-electron chi connectivity index (χ2n) is 5.41. The summed E-state index contributed by atoms with van der Waals surface area (Å²) in [6.07, 6.45) is 3.35. The molecule has 0 amide bonds. The molecular formula is C17H13N5O3. The minimum atomic E-state index is -1.04. The van der Waals surface area contributed by atoms with Crippen molar-refractivity contribution in [3.8, 4) is 17.2 Å². The normalized spacial score (nSPS) is 10.6. The first-order valence-electron chi connectivity index (χ1n) is 7.41. The van der Waals surface area contributed by atoms with Gasteiger partial charge in [0.15, 0.2) is 5.78 Å². The largest absolute Gasteiger partial charge is 0.480 e. The van der Waals surface area contributed by atoms with Crippen molar-refractivity contribution in [2.45, 2.75) is 19.9 Å². The summed E-state index contributed by atoms with van der Waals surface area (Å²) >= 11 is 0. The van der Waals surface area contributed by atoms with Crippen LogP contribution < -0.4 is 0 Å². The van der Waals surface area contributed by atoms with Gasteiger partial charge in [0.2, 0.25) is 0 Å². The standard InChI is InChI=1S/C17H13N5O3/c1-10(23)17-13-6-11(12-7-19-15(4-5-18)20-8-12)2-3-14(13)22(21-17)9-16(24)25/h2-3,6-8H,4,9H2,1H3,(H,24,25). The summed E-state index contributed by atoms with van der Waals surface area (Å²) in [5, 5.41) is 22.3. The highest BCUT2D eigenvalue weighted by Crippen LogP contribution is 2.26. The zero-order chi connectivity index (χ0) is 18.0. The highest BCUT2D eigenvalue weighted by atomic mass is 16.4. The second-order valence-corrected chi connectivity index (χ2v) is 5.41. The fourth-order valence-corrected chi connectivity index (χ4v) is 2.53. The predicted molar refractivity (Wildman–Crippen MR) is 87.7 cm³/mol. The van der Waals surface area contributed by atoms with E-state index in [1.165, 1.54) is 11.6 Å². The Morgan fingerprint density at radius 3 is 2.56 bits per heavy atom. The number of ketones is 1. The van der Waals surface area contributed by atoms with E-state index in [-0.39, 0.29) is 24.4 Å². The zero-order valence-corrected chi connectivity index (χ0v) is 13.3. The maximum Gasteiger partial charge on any atom is 0.325 e. The molecule has 0 aliphatic rings. The maximum absolute atomic E-state index is 11.8. The fraction of sp³-hybridized carbons (Fsp3) is 0.176. The van der Waals surface area contributed by atoms with Crippen LogP contribution in [0.5, 0.6) is 0 Å². The minimum Gasteiger partial charge on any atom is -0.480 e. The van der Waals surface area contributed by atoms with Crippen molar-refractivity contribution in [2.75, 3.05) is 0 Å². The average molecular weight is 335 g/mol. The van der Waals surface area contributed by atoms with Gasteiger partial charge in [-0.05, 0) is 17.7 Å². The first-order chi connectivity index (χ1) is 12.0. The molecule has 1 aromatic carbocycles. The Bertz CT molecular complexity index is 1020. The molecular weight excluding hydrogens is 322 g/mol. The number of nitrogens with zero attached hydrogens (tertiary/aromatic N) is 5. The van der Waals surface area contributed by atoms with Crippen LogP contribution in [0, 0.1) is 11.3 Å². The Hall–Kier alpha value is -3.60. The molecule has 0 saturated heterocycles. The molecule has 0 bridgehead atoms. The van der Waals surface area contributed by atoms with Gasteiger partial charge in [0, 0.05) is 30.3 Å². The summed E-state index contributed by atoms with van der Waals surface area (Å²) in [4.78, 5) is 31.1. The Balaban J connectivity index is 2.09. The molecule has 8 nitrogen and oxygen atoms in total. The van der Waals surface area contributed by atoms with Crippen LogP contribution in [0.25, 0.3) is 22.0 Å². The van der Waals surface area contributed by atoms with Gasteiger partial charge in [0.25, 0.3) is 0 Å². The van der Waals surface area contributed by atoms with Crippen molar-refractivity contribution in [1.29, 1.82) is 5.26 Å². The smallest absolute Gasteiger partial charge is 0.325 e. The quantitative estimate of drug-likeness (QED) is 0.706. The van der Waals surface area contributed by atoms with Crippen molar-refractivity contribution in [3.63, 3.8) is 0 Å². The Labute approximate surface area is 142 Å². The lowest BCUT2D eigenvalue weighted by Gasteiger charge is -2.03. The Morgan fingerprint density at radius 1 is 1.24 bits per heavy atom. The van der Waals surface area contributed by atoms with Crippen LogP contribution >= 0.6 is 0 Å². The lowest BCUT2D eigenvalue weighted by molar-refractivity contribution is -0.137. The van der Waals surface area contributed by atoms with Gasteiger partial charge in [-0.15, -0.1) is 0 Å². The van der Waals surface area contributed by atoms with E-state index in [0.29, 0.717) is 16.7 Å². The van der Waals surface area contributed by atoms with Crippen LogP contribution in [0.4, 0.5) is 0 Å². The molecule has 0 fully saturated rings. The third-order valence-corrected chi connectivity index (χ3v) is 3.64. The predicted octanol–water partition coefficient (Wildman–Crippen LogP) is 1.85. The van der Waals surface area contributed by atoms with E-state index in [1.807, 2.05) is 6.07 Å². The summed E-state index contributed by atoms with van der Waals surface area (Å²) in [7, 11) is 0. The molecule has 25 heavy (non-hydrogen) atoms. The molecule has 8 heteroatoms.